The van der Waals surface area contributed by atoms with Crippen LogP contribution >= 0.6 is 11.6 Å². The molecule has 0 spiro atoms. The fraction of sp³-hybridized carbons (Fsp3) is 0.381. The third-order valence-corrected chi connectivity index (χ3v) is 7.16. The summed E-state index contributed by atoms with van der Waals surface area (Å²) in [5, 5.41) is 18.6. The van der Waals surface area contributed by atoms with Gasteiger partial charge >= 0.3 is 0 Å². The van der Waals surface area contributed by atoms with E-state index in [0.717, 1.165) is 11.3 Å². The molecule has 0 radical (unpaired) electrons. The minimum absolute atomic E-state index is 0.116. The van der Waals surface area contributed by atoms with Gasteiger partial charge in [-0.05, 0) is 55.7 Å². The van der Waals surface area contributed by atoms with Crippen LogP contribution in [0.5, 0.6) is 0 Å². The van der Waals surface area contributed by atoms with Crippen molar-refractivity contribution in [1.82, 2.24) is 24.7 Å². The molecule has 0 aliphatic carbocycles. The fourth-order valence-corrected chi connectivity index (χ4v) is 5.12. The number of aromatic nitrogens is 4. The van der Waals surface area contributed by atoms with Crippen molar-refractivity contribution in [3.8, 4) is 11.3 Å². The Morgan fingerprint density at radius 2 is 2.03 bits per heavy atom. The number of aryl methyl sites for hydroxylation is 1. The molecule has 3 aromatic rings. The lowest BCUT2D eigenvalue weighted by Crippen LogP contribution is -2.50. The van der Waals surface area contributed by atoms with Crippen molar-refractivity contribution in [2.45, 2.75) is 49.0 Å². The third kappa shape index (κ3) is 5.51. The molecule has 3 heterocycles. The average Bonchev–Trinajstić information content (AvgIpc) is 3.28. The van der Waals surface area contributed by atoms with E-state index >= 15 is 0 Å². The Morgan fingerprint density at radius 1 is 1.22 bits per heavy atom. The molecule has 1 aromatic carbocycles. The van der Waals surface area contributed by atoms with Crippen LogP contribution in [-0.2, 0) is 21.3 Å². The highest BCUT2D eigenvalue weighted by Crippen LogP contribution is 2.24. The monoisotopic (exact) mass is 477 g/mol. The first-order chi connectivity index (χ1) is 15.4. The molecule has 9 nitrogen and oxygen atoms in total. The second-order valence-corrected chi connectivity index (χ2v) is 9.79. The maximum Gasteiger partial charge on any atom is 0.240 e. The summed E-state index contributed by atoms with van der Waals surface area (Å²) < 4.78 is 35.7. The number of aliphatic hydroxyl groups is 1. The van der Waals surface area contributed by atoms with E-state index in [4.69, 9.17) is 16.3 Å². The van der Waals surface area contributed by atoms with Crippen molar-refractivity contribution in [3.63, 3.8) is 0 Å². The van der Waals surface area contributed by atoms with Gasteiger partial charge in [-0.2, -0.15) is 0 Å². The van der Waals surface area contributed by atoms with Crippen molar-refractivity contribution in [1.29, 1.82) is 0 Å². The lowest BCUT2D eigenvalue weighted by Gasteiger charge is -2.36. The fourth-order valence-electron chi connectivity index (χ4n) is 3.69. The molecule has 0 unspecified atom stereocenters. The van der Waals surface area contributed by atoms with Crippen molar-refractivity contribution in [2.75, 3.05) is 6.61 Å². The van der Waals surface area contributed by atoms with E-state index in [0.29, 0.717) is 30.8 Å². The summed E-state index contributed by atoms with van der Waals surface area (Å²) in [6, 6.07) is 9.19. The van der Waals surface area contributed by atoms with Crippen molar-refractivity contribution in [3.05, 3.63) is 60.0 Å². The normalized spacial score (nSPS) is 21.5. The highest BCUT2D eigenvalue weighted by molar-refractivity contribution is 7.89. The van der Waals surface area contributed by atoms with Gasteiger partial charge in [-0.3, -0.25) is 9.67 Å². The minimum atomic E-state index is -3.74. The largest absolute Gasteiger partial charge is 0.394 e. The summed E-state index contributed by atoms with van der Waals surface area (Å²) in [7, 11) is -3.74. The molecule has 32 heavy (non-hydrogen) atoms. The zero-order valence-corrected chi connectivity index (χ0v) is 18.8. The van der Waals surface area contributed by atoms with E-state index in [-0.39, 0.29) is 17.6 Å². The summed E-state index contributed by atoms with van der Waals surface area (Å²) in [6.07, 6.45) is 6.43. The first kappa shape index (κ1) is 22.8. The average molecular weight is 478 g/mol. The number of sulfonamides is 1. The standard InChI is InChI=1S/C21H24ClN5O4S/c22-16-3-6-18(7-4-16)32(29,30)25-19-8-5-17(31-21(19)14-28)9-11-27-13-20(24-26-27)15-2-1-10-23-12-15/h1-4,6-7,10,12-13,17,19,21,25,28H,5,8-9,11,14H2/t17-,19+,21+/m0/s1. The zero-order chi connectivity index (χ0) is 22.6. The van der Waals surface area contributed by atoms with Gasteiger partial charge in [0.15, 0.2) is 0 Å². The Kier molecular flexibility index (Phi) is 7.17. The number of rotatable bonds is 8. The van der Waals surface area contributed by atoms with Crippen LogP contribution in [0.25, 0.3) is 11.3 Å². The number of ether oxygens (including phenoxy) is 1. The molecule has 2 N–H and O–H groups in total. The van der Waals surface area contributed by atoms with Gasteiger partial charge in [-0.15, -0.1) is 5.10 Å². The van der Waals surface area contributed by atoms with Gasteiger partial charge in [-0.25, -0.2) is 13.1 Å². The number of aliphatic hydroxyl groups excluding tert-OH is 1. The lowest BCUT2D eigenvalue weighted by molar-refractivity contribution is -0.0891. The molecule has 2 aromatic heterocycles. The van der Waals surface area contributed by atoms with E-state index in [9.17, 15) is 13.5 Å². The van der Waals surface area contributed by atoms with Gasteiger partial charge in [0, 0.05) is 29.5 Å². The maximum atomic E-state index is 12.7. The Morgan fingerprint density at radius 3 is 2.75 bits per heavy atom. The number of hydrogen-bond acceptors (Lipinski definition) is 7. The second kappa shape index (κ2) is 10.1. The molecular weight excluding hydrogens is 454 g/mol. The lowest BCUT2D eigenvalue weighted by atomic mass is 9.98. The Hall–Kier alpha value is -2.37. The molecule has 1 aliphatic rings. The van der Waals surface area contributed by atoms with Crippen molar-refractivity contribution < 1.29 is 18.3 Å². The van der Waals surface area contributed by atoms with Crippen LogP contribution in [0.4, 0.5) is 0 Å². The van der Waals surface area contributed by atoms with Crippen molar-refractivity contribution >= 4 is 21.6 Å². The number of halogens is 1. The predicted octanol–water partition coefficient (Wildman–Crippen LogP) is 2.27. The number of nitrogens with zero attached hydrogens (tertiary/aromatic N) is 4. The highest BCUT2D eigenvalue weighted by atomic mass is 35.5. The van der Waals surface area contributed by atoms with Crippen LogP contribution < -0.4 is 4.72 Å². The number of nitrogens with one attached hydrogen (secondary N) is 1. The summed E-state index contributed by atoms with van der Waals surface area (Å²) in [6.45, 7) is 0.316. The van der Waals surface area contributed by atoms with Gasteiger partial charge in [-0.1, -0.05) is 16.8 Å². The SMILES string of the molecule is O=S(=O)(N[C@@H]1CC[C@@H](CCn2cc(-c3cccnc3)nn2)O[C@@H]1CO)c1ccc(Cl)cc1. The quantitative estimate of drug-likeness (QED) is 0.510. The third-order valence-electron chi connectivity index (χ3n) is 5.40. The number of hydrogen-bond donors (Lipinski definition) is 2. The Labute approximate surface area is 191 Å². The highest BCUT2D eigenvalue weighted by Gasteiger charge is 2.33. The second-order valence-electron chi connectivity index (χ2n) is 7.64. The number of benzene rings is 1. The van der Waals surface area contributed by atoms with E-state index in [1.807, 2.05) is 18.3 Å². The molecule has 3 atom stereocenters. The molecule has 11 heteroatoms. The van der Waals surface area contributed by atoms with Crippen LogP contribution in [0.15, 0.2) is 59.9 Å². The molecule has 1 aliphatic heterocycles. The van der Waals surface area contributed by atoms with Gasteiger partial charge in [0.1, 0.15) is 5.69 Å². The molecule has 1 fully saturated rings. The zero-order valence-electron chi connectivity index (χ0n) is 17.2. The van der Waals surface area contributed by atoms with E-state index in [1.165, 1.54) is 24.3 Å². The molecule has 1 saturated heterocycles. The van der Waals surface area contributed by atoms with Crippen LogP contribution in [0, 0.1) is 0 Å². The first-order valence-corrected chi connectivity index (χ1v) is 12.2. The van der Waals surface area contributed by atoms with Crippen LogP contribution in [0.2, 0.25) is 5.02 Å². The minimum Gasteiger partial charge on any atom is -0.394 e. The van der Waals surface area contributed by atoms with Gasteiger partial charge < -0.3 is 9.84 Å². The van der Waals surface area contributed by atoms with E-state index < -0.39 is 22.2 Å². The topological polar surface area (TPSA) is 119 Å². The van der Waals surface area contributed by atoms with Crippen LogP contribution in [-0.4, -0.2) is 58.4 Å². The van der Waals surface area contributed by atoms with E-state index in [1.54, 1.807) is 17.1 Å². The maximum absolute atomic E-state index is 12.7. The molecule has 0 saturated carbocycles. The van der Waals surface area contributed by atoms with Gasteiger partial charge in [0.2, 0.25) is 10.0 Å². The summed E-state index contributed by atoms with van der Waals surface area (Å²) in [4.78, 5) is 4.21. The van der Waals surface area contributed by atoms with Crippen LogP contribution in [0.3, 0.4) is 0 Å². The molecule has 170 valence electrons. The summed E-state index contributed by atoms with van der Waals surface area (Å²) in [5.41, 5.74) is 1.64. The summed E-state index contributed by atoms with van der Waals surface area (Å²) >= 11 is 5.84. The molecule has 0 amide bonds. The predicted molar refractivity (Wildman–Crippen MR) is 118 cm³/mol. The Balaban J connectivity index is 1.33. The van der Waals surface area contributed by atoms with Crippen LogP contribution in [0.1, 0.15) is 19.3 Å². The first-order valence-electron chi connectivity index (χ1n) is 10.3. The number of pyridine rings is 1. The smallest absolute Gasteiger partial charge is 0.240 e. The van der Waals surface area contributed by atoms with Gasteiger partial charge in [0.25, 0.3) is 0 Å². The van der Waals surface area contributed by atoms with Crippen molar-refractivity contribution in [2.24, 2.45) is 0 Å². The van der Waals surface area contributed by atoms with E-state index in [2.05, 4.69) is 20.0 Å². The summed E-state index contributed by atoms with van der Waals surface area (Å²) in [5.74, 6) is 0. The van der Waals surface area contributed by atoms with Gasteiger partial charge in [0.05, 0.1) is 35.9 Å². The Bertz CT molecular complexity index is 1120. The molecular formula is C21H24ClN5O4S. The molecule has 4 rings (SSSR count). The molecule has 0 bridgehead atoms.